The zero-order valence-electron chi connectivity index (χ0n) is 10.9. The summed E-state index contributed by atoms with van der Waals surface area (Å²) in [6.07, 6.45) is 2.08. The molecule has 1 heterocycles. The average Bonchev–Trinajstić information content (AvgIpc) is 2.46. The first kappa shape index (κ1) is 14.3. The standard InChI is InChI=1S/C14H17BrFNO2/c1-19-11-4-5-12(13(16)7-11)14(18)17-6-2-3-10(8-15)9-17/h4-5,7,10H,2-3,6,8-9H2,1H3. The molecule has 0 bridgehead atoms. The van der Waals surface area contributed by atoms with E-state index in [1.54, 1.807) is 11.0 Å². The maximum absolute atomic E-state index is 13.9. The van der Waals surface area contributed by atoms with Gasteiger partial charge < -0.3 is 9.64 Å². The molecule has 0 saturated carbocycles. The molecule has 1 fully saturated rings. The van der Waals surface area contributed by atoms with Crippen LogP contribution in [0.2, 0.25) is 0 Å². The number of carbonyl (C=O) groups excluding carboxylic acids is 1. The predicted octanol–water partition coefficient (Wildman–Crippen LogP) is 3.08. The number of ether oxygens (including phenoxy) is 1. The molecular formula is C14H17BrFNO2. The molecular weight excluding hydrogens is 313 g/mol. The van der Waals surface area contributed by atoms with Gasteiger partial charge in [-0.05, 0) is 30.9 Å². The summed E-state index contributed by atoms with van der Waals surface area (Å²) in [5, 5.41) is 0.877. The summed E-state index contributed by atoms with van der Waals surface area (Å²) >= 11 is 3.45. The van der Waals surface area contributed by atoms with Crippen molar-refractivity contribution in [3.63, 3.8) is 0 Å². The van der Waals surface area contributed by atoms with Crippen LogP contribution < -0.4 is 4.74 Å². The van der Waals surface area contributed by atoms with E-state index in [0.29, 0.717) is 24.8 Å². The Morgan fingerprint density at radius 2 is 2.37 bits per heavy atom. The van der Waals surface area contributed by atoms with Crippen LogP contribution in [0.5, 0.6) is 5.75 Å². The fraction of sp³-hybridized carbons (Fsp3) is 0.500. The Morgan fingerprint density at radius 1 is 1.58 bits per heavy atom. The third-order valence-corrected chi connectivity index (χ3v) is 4.35. The molecule has 0 aromatic heterocycles. The molecule has 1 aliphatic rings. The molecule has 2 rings (SSSR count). The first-order valence-corrected chi connectivity index (χ1v) is 7.46. The SMILES string of the molecule is COc1ccc(C(=O)N2CCCC(CBr)C2)c(F)c1. The fourth-order valence-corrected chi connectivity index (χ4v) is 2.87. The van der Waals surface area contributed by atoms with Crippen LogP contribution in [0.4, 0.5) is 4.39 Å². The van der Waals surface area contributed by atoms with Crippen molar-refractivity contribution in [3.8, 4) is 5.75 Å². The summed E-state index contributed by atoms with van der Waals surface area (Å²) in [5.41, 5.74) is 0.121. The second-order valence-corrected chi connectivity index (χ2v) is 5.41. The van der Waals surface area contributed by atoms with E-state index in [0.717, 1.165) is 18.2 Å². The number of piperidine rings is 1. The van der Waals surface area contributed by atoms with Gasteiger partial charge in [-0.3, -0.25) is 4.79 Å². The van der Waals surface area contributed by atoms with Crippen molar-refractivity contribution in [2.75, 3.05) is 25.5 Å². The van der Waals surface area contributed by atoms with Crippen molar-refractivity contribution in [2.24, 2.45) is 5.92 Å². The number of carbonyl (C=O) groups is 1. The first-order valence-electron chi connectivity index (χ1n) is 6.34. The molecule has 19 heavy (non-hydrogen) atoms. The lowest BCUT2D eigenvalue weighted by molar-refractivity contribution is 0.0681. The Balaban J connectivity index is 2.15. The highest BCUT2D eigenvalue weighted by atomic mass is 79.9. The molecule has 1 amide bonds. The van der Waals surface area contributed by atoms with E-state index < -0.39 is 5.82 Å². The molecule has 1 aromatic rings. The highest BCUT2D eigenvalue weighted by Gasteiger charge is 2.25. The average molecular weight is 330 g/mol. The maximum Gasteiger partial charge on any atom is 0.256 e. The predicted molar refractivity (Wildman–Crippen MR) is 75.4 cm³/mol. The van der Waals surface area contributed by atoms with Gasteiger partial charge in [-0.25, -0.2) is 4.39 Å². The lowest BCUT2D eigenvalue weighted by Gasteiger charge is -2.32. The van der Waals surface area contributed by atoms with Crippen LogP contribution in [0, 0.1) is 11.7 Å². The Hall–Kier alpha value is -1.10. The highest BCUT2D eigenvalue weighted by molar-refractivity contribution is 9.09. The monoisotopic (exact) mass is 329 g/mol. The van der Waals surface area contributed by atoms with Gasteiger partial charge in [-0.15, -0.1) is 0 Å². The molecule has 0 N–H and O–H groups in total. The fourth-order valence-electron chi connectivity index (χ4n) is 2.34. The lowest BCUT2D eigenvalue weighted by Crippen LogP contribution is -2.40. The summed E-state index contributed by atoms with van der Waals surface area (Å²) in [4.78, 5) is 14.0. The number of methoxy groups -OCH3 is 1. The minimum Gasteiger partial charge on any atom is -0.497 e. The second kappa shape index (κ2) is 6.37. The first-order chi connectivity index (χ1) is 9.15. The molecule has 1 unspecified atom stereocenters. The van der Waals surface area contributed by atoms with Gasteiger partial charge >= 0.3 is 0 Å². The van der Waals surface area contributed by atoms with Crippen molar-refractivity contribution < 1.29 is 13.9 Å². The topological polar surface area (TPSA) is 29.5 Å². The Kier molecular flexibility index (Phi) is 4.80. The molecule has 3 nitrogen and oxygen atoms in total. The molecule has 1 aromatic carbocycles. The molecule has 0 radical (unpaired) electrons. The number of alkyl halides is 1. The van der Waals surface area contributed by atoms with Crippen molar-refractivity contribution in [3.05, 3.63) is 29.6 Å². The summed E-state index contributed by atoms with van der Waals surface area (Å²) in [6.45, 7) is 1.39. The van der Waals surface area contributed by atoms with Crippen LogP contribution in [-0.4, -0.2) is 36.3 Å². The van der Waals surface area contributed by atoms with Crippen LogP contribution in [0.15, 0.2) is 18.2 Å². The van der Waals surface area contributed by atoms with Crippen molar-refractivity contribution in [2.45, 2.75) is 12.8 Å². The van der Waals surface area contributed by atoms with Crippen LogP contribution in [-0.2, 0) is 0 Å². The Labute approximate surface area is 120 Å². The van der Waals surface area contributed by atoms with Gasteiger partial charge in [-0.1, -0.05) is 15.9 Å². The van der Waals surface area contributed by atoms with Crippen molar-refractivity contribution in [1.82, 2.24) is 4.90 Å². The van der Waals surface area contributed by atoms with E-state index in [2.05, 4.69) is 15.9 Å². The summed E-state index contributed by atoms with van der Waals surface area (Å²) in [6, 6.07) is 4.36. The number of hydrogen-bond acceptors (Lipinski definition) is 2. The molecule has 0 spiro atoms. The second-order valence-electron chi connectivity index (χ2n) is 4.76. The minimum atomic E-state index is -0.523. The van der Waals surface area contributed by atoms with Gasteiger partial charge in [-0.2, -0.15) is 0 Å². The maximum atomic E-state index is 13.9. The van der Waals surface area contributed by atoms with E-state index in [4.69, 9.17) is 4.74 Å². The highest BCUT2D eigenvalue weighted by Crippen LogP contribution is 2.22. The molecule has 1 saturated heterocycles. The zero-order chi connectivity index (χ0) is 13.8. The number of likely N-dealkylation sites (tertiary alicyclic amines) is 1. The lowest BCUT2D eigenvalue weighted by atomic mass is 9.99. The normalized spacial score (nSPS) is 19.3. The van der Waals surface area contributed by atoms with Crippen molar-refractivity contribution in [1.29, 1.82) is 0 Å². The van der Waals surface area contributed by atoms with Crippen LogP contribution >= 0.6 is 15.9 Å². The quantitative estimate of drug-likeness (QED) is 0.797. The Morgan fingerprint density at radius 3 is 3.00 bits per heavy atom. The smallest absolute Gasteiger partial charge is 0.256 e. The number of halogens is 2. The van der Waals surface area contributed by atoms with E-state index in [1.165, 1.54) is 19.2 Å². The number of benzene rings is 1. The summed E-state index contributed by atoms with van der Waals surface area (Å²) in [7, 11) is 1.47. The molecule has 1 aliphatic heterocycles. The largest absolute Gasteiger partial charge is 0.497 e. The van der Waals surface area contributed by atoms with Gasteiger partial charge in [0, 0.05) is 24.5 Å². The van der Waals surface area contributed by atoms with Crippen LogP contribution in [0.3, 0.4) is 0 Å². The number of amides is 1. The molecule has 1 atom stereocenters. The third-order valence-electron chi connectivity index (χ3n) is 3.43. The van der Waals surface area contributed by atoms with E-state index in [9.17, 15) is 9.18 Å². The van der Waals surface area contributed by atoms with E-state index in [-0.39, 0.29) is 11.5 Å². The van der Waals surface area contributed by atoms with Gasteiger partial charge in [0.2, 0.25) is 0 Å². The van der Waals surface area contributed by atoms with E-state index >= 15 is 0 Å². The summed E-state index contributed by atoms with van der Waals surface area (Å²) in [5.74, 6) is 0.126. The number of nitrogens with zero attached hydrogens (tertiary/aromatic N) is 1. The van der Waals surface area contributed by atoms with Gasteiger partial charge in [0.05, 0.1) is 12.7 Å². The minimum absolute atomic E-state index is 0.121. The molecule has 104 valence electrons. The summed E-state index contributed by atoms with van der Waals surface area (Å²) < 4.78 is 18.8. The van der Waals surface area contributed by atoms with E-state index in [1.807, 2.05) is 0 Å². The zero-order valence-corrected chi connectivity index (χ0v) is 12.5. The van der Waals surface area contributed by atoms with Gasteiger partial charge in [0.15, 0.2) is 0 Å². The van der Waals surface area contributed by atoms with Crippen LogP contribution in [0.25, 0.3) is 0 Å². The van der Waals surface area contributed by atoms with Gasteiger partial charge in [0.1, 0.15) is 11.6 Å². The molecule has 0 aliphatic carbocycles. The van der Waals surface area contributed by atoms with Crippen LogP contribution in [0.1, 0.15) is 23.2 Å². The number of hydrogen-bond donors (Lipinski definition) is 0. The van der Waals surface area contributed by atoms with Crippen molar-refractivity contribution >= 4 is 21.8 Å². The van der Waals surface area contributed by atoms with Gasteiger partial charge in [0.25, 0.3) is 5.91 Å². The number of rotatable bonds is 3. The molecule has 5 heteroatoms. The Bertz CT molecular complexity index is 467. The third kappa shape index (κ3) is 3.26.